The van der Waals surface area contributed by atoms with Crippen molar-refractivity contribution in [1.29, 1.82) is 5.41 Å². The second-order valence-corrected chi connectivity index (χ2v) is 2.38. The fourth-order valence-corrected chi connectivity index (χ4v) is 0.621. The Labute approximate surface area is 57.3 Å². The molecule has 1 unspecified atom stereocenters. The average molecular weight is 125 g/mol. The monoisotopic (exact) mass is 125 g/mol. The van der Waals surface area contributed by atoms with Crippen molar-refractivity contribution in [3.8, 4) is 0 Å². The van der Waals surface area contributed by atoms with Crippen molar-refractivity contribution in [1.82, 2.24) is 0 Å². The maximum atomic E-state index is 6.82. The highest BCUT2D eigenvalue weighted by atomic mass is 14.3. The van der Waals surface area contributed by atoms with Gasteiger partial charge in [0.25, 0.3) is 0 Å². The third-order valence-corrected chi connectivity index (χ3v) is 1.67. The topological polar surface area (TPSA) is 23.9 Å². The minimum Gasteiger partial charge on any atom is -0.313 e. The molecule has 0 aliphatic carbocycles. The van der Waals surface area contributed by atoms with Crippen molar-refractivity contribution in [2.45, 2.75) is 26.7 Å². The minimum atomic E-state index is 0.576. The van der Waals surface area contributed by atoms with Crippen LogP contribution in [-0.2, 0) is 0 Å². The van der Waals surface area contributed by atoms with Crippen LogP contribution >= 0.6 is 0 Å². The van der Waals surface area contributed by atoms with Crippen LogP contribution in [-0.4, -0.2) is 6.21 Å². The van der Waals surface area contributed by atoms with Gasteiger partial charge < -0.3 is 5.41 Å². The van der Waals surface area contributed by atoms with Crippen molar-refractivity contribution < 1.29 is 0 Å². The Morgan fingerprint density at radius 1 is 1.78 bits per heavy atom. The lowest BCUT2D eigenvalue weighted by Gasteiger charge is -2.08. The highest BCUT2D eigenvalue weighted by molar-refractivity contribution is 5.57. The molecule has 0 amide bonds. The molecular formula is C8H15N. The molecule has 9 heavy (non-hydrogen) atoms. The molecule has 0 bridgehead atoms. The summed E-state index contributed by atoms with van der Waals surface area (Å²) in [6, 6.07) is 0. The SMILES string of the molecule is C=C(CC=N)C(C)CC. The second-order valence-electron chi connectivity index (χ2n) is 2.38. The highest BCUT2D eigenvalue weighted by Crippen LogP contribution is 2.13. The maximum absolute atomic E-state index is 6.82. The molecule has 1 nitrogen and oxygen atoms in total. The summed E-state index contributed by atoms with van der Waals surface area (Å²) in [6.07, 6.45) is 3.29. The van der Waals surface area contributed by atoms with E-state index in [1.165, 1.54) is 11.8 Å². The van der Waals surface area contributed by atoms with Gasteiger partial charge in [0.1, 0.15) is 0 Å². The van der Waals surface area contributed by atoms with Gasteiger partial charge in [-0.15, -0.1) is 0 Å². The van der Waals surface area contributed by atoms with E-state index < -0.39 is 0 Å². The van der Waals surface area contributed by atoms with Gasteiger partial charge in [0.15, 0.2) is 0 Å². The number of allylic oxidation sites excluding steroid dienone is 1. The summed E-state index contributed by atoms with van der Waals surface area (Å²) in [4.78, 5) is 0. The molecule has 52 valence electrons. The van der Waals surface area contributed by atoms with Gasteiger partial charge in [0, 0.05) is 6.42 Å². The predicted octanol–water partition coefficient (Wildman–Crippen LogP) is 2.63. The number of hydrogen-bond acceptors (Lipinski definition) is 1. The molecule has 0 aliphatic rings. The lowest BCUT2D eigenvalue weighted by molar-refractivity contribution is 0.650. The van der Waals surface area contributed by atoms with Gasteiger partial charge in [-0.05, 0) is 18.6 Å². The fourth-order valence-electron chi connectivity index (χ4n) is 0.621. The third-order valence-electron chi connectivity index (χ3n) is 1.67. The van der Waals surface area contributed by atoms with Crippen LogP contribution in [0.5, 0.6) is 0 Å². The van der Waals surface area contributed by atoms with Crippen LogP contribution in [0.2, 0.25) is 0 Å². The highest BCUT2D eigenvalue weighted by Gasteiger charge is 2.00. The molecule has 0 aromatic heterocycles. The van der Waals surface area contributed by atoms with E-state index in [4.69, 9.17) is 5.41 Å². The van der Waals surface area contributed by atoms with Gasteiger partial charge >= 0.3 is 0 Å². The molecule has 0 rings (SSSR count). The predicted molar refractivity (Wildman–Crippen MR) is 42.0 cm³/mol. The van der Waals surface area contributed by atoms with Crippen molar-refractivity contribution in [3.05, 3.63) is 12.2 Å². The largest absolute Gasteiger partial charge is 0.313 e. The van der Waals surface area contributed by atoms with Gasteiger partial charge in [-0.2, -0.15) is 0 Å². The molecule has 0 saturated heterocycles. The van der Waals surface area contributed by atoms with Crippen molar-refractivity contribution in [2.75, 3.05) is 0 Å². The Kier molecular flexibility index (Phi) is 4.02. The summed E-state index contributed by atoms with van der Waals surface area (Å²) in [5.41, 5.74) is 1.17. The van der Waals surface area contributed by atoms with E-state index in [-0.39, 0.29) is 0 Å². The average Bonchev–Trinajstić information content (AvgIpc) is 1.87. The maximum Gasteiger partial charge on any atom is 0.00301 e. The number of hydrogen-bond donors (Lipinski definition) is 1. The van der Waals surface area contributed by atoms with E-state index in [0.717, 1.165) is 12.8 Å². The van der Waals surface area contributed by atoms with Crippen LogP contribution in [0.4, 0.5) is 0 Å². The summed E-state index contributed by atoms with van der Waals surface area (Å²) in [6.45, 7) is 8.15. The van der Waals surface area contributed by atoms with Gasteiger partial charge in [-0.3, -0.25) is 0 Å². The Hall–Kier alpha value is -0.590. The summed E-state index contributed by atoms with van der Waals surface area (Å²) >= 11 is 0. The normalized spacial score (nSPS) is 12.7. The molecule has 0 aromatic carbocycles. The van der Waals surface area contributed by atoms with E-state index in [0.29, 0.717) is 5.92 Å². The first kappa shape index (κ1) is 8.41. The van der Waals surface area contributed by atoms with Gasteiger partial charge in [-0.25, -0.2) is 0 Å². The number of nitrogens with one attached hydrogen (secondary N) is 1. The van der Waals surface area contributed by atoms with Crippen LogP contribution in [0, 0.1) is 11.3 Å². The Morgan fingerprint density at radius 3 is 2.67 bits per heavy atom. The van der Waals surface area contributed by atoms with E-state index >= 15 is 0 Å². The molecule has 0 fully saturated rings. The third kappa shape index (κ3) is 3.07. The molecular weight excluding hydrogens is 110 g/mol. The van der Waals surface area contributed by atoms with Crippen molar-refractivity contribution in [3.63, 3.8) is 0 Å². The van der Waals surface area contributed by atoms with Crippen LogP contribution < -0.4 is 0 Å². The summed E-state index contributed by atoms with van der Waals surface area (Å²) in [5.74, 6) is 0.576. The molecule has 1 atom stereocenters. The zero-order chi connectivity index (χ0) is 7.28. The molecule has 1 heteroatoms. The summed E-state index contributed by atoms with van der Waals surface area (Å²) in [7, 11) is 0. The zero-order valence-corrected chi connectivity index (χ0v) is 6.28. The Bertz CT molecular complexity index is 105. The van der Waals surface area contributed by atoms with Gasteiger partial charge in [0.2, 0.25) is 0 Å². The van der Waals surface area contributed by atoms with E-state index in [2.05, 4.69) is 20.4 Å². The van der Waals surface area contributed by atoms with Crippen LogP contribution in [0.25, 0.3) is 0 Å². The van der Waals surface area contributed by atoms with Gasteiger partial charge in [0.05, 0.1) is 0 Å². The molecule has 1 N–H and O–H groups in total. The summed E-state index contributed by atoms with van der Waals surface area (Å²) < 4.78 is 0. The molecule has 0 aliphatic heterocycles. The Morgan fingerprint density at radius 2 is 2.33 bits per heavy atom. The smallest absolute Gasteiger partial charge is 0.00301 e. The van der Waals surface area contributed by atoms with Crippen LogP contribution in [0.3, 0.4) is 0 Å². The first-order chi connectivity index (χ1) is 4.22. The molecule has 0 saturated carbocycles. The lowest BCUT2D eigenvalue weighted by atomic mass is 9.98. The lowest BCUT2D eigenvalue weighted by Crippen LogP contribution is -1.95. The number of rotatable bonds is 4. The van der Waals surface area contributed by atoms with E-state index in [1.54, 1.807) is 0 Å². The quantitative estimate of drug-likeness (QED) is 0.441. The van der Waals surface area contributed by atoms with Crippen molar-refractivity contribution >= 4 is 6.21 Å². The second kappa shape index (κ2) is 4.30. The molecule has 0 aromatic rings. The molecule has 0 spiro atoms. The van der Waals surface area contributed by atoms with Crippen molar-refractivity contribution in [2.24, 2.45) is 5.92 Å². The minimum absolute atomic E-state index is 0.576. The Balaban J connectivity index is 3.58. The molecule has 0 radical (unpaired) electrons. The van der Waals surface area contributed by atoms with E-state index in [1.807, 2.05) is 0 Å². The first-order valence-electron chi connectivity index (χ1n) is 3.39. The zero-order valence-electron chi connectivity index (χ0n) is 6.28. The fraction of sp³-hybridized carbons (Fsp3) is 0.625. The van der Waals surface area contributed by atoms with E-state index in [9.17, 15) is 0 Å². The van der Waals surface area contributed by atoms with Gasteiger partial charge in [-0.1, -0.05) is 26.0 Å². The van der Waals surface area contributed by atoms with Crippen LogP contribution in [0.1, 0.15) is 26.7 Å². The summed E-state index contributed by atoms with van der Waals surface area (Å²) in [5, 5.41) is 6.82. The van der Waals surface area contributed by atoms with Crippen LogP contribution in [0.15, 0.2) is 12.2 Å². The molecule has 0 heterocycles. The first-order valence-corrected chi connectivity index (χ1v) is 3.39. The standard InChI is InChI=1S/C8H15N/c1-4-7(2)8(3)5-6-9/h6-7,9H,3-5H2,1-2H3.